The highest BCUT2D eigenvalue weighted by Crippen LogP contribution is 2.29. The molecule has 0 amide bonds. The lowest BCUT2D eigenvalue weighted by atomic mass is 10.1. The Hall–Kier alpha value is -1.56. The first-order valence-corrected chi connectivity index (χ1v) is 7.75. The topological polar surface area (TPSA) is 86.2 Å². The van der Waals surface area contributed by atoms with E-state index in [1.807, 2.05) is 0 Å². The second kappa shape index (κ2) is 6.56. The summed E-state index contributed by atoms with van der Waals surface area (Å²) in [6.45, 7) is 3.94. The molecule has 0 atom stereocenters. The van der Waals surface area contributed by atoms with Crippen molar-refractivity contribution >= 4 is 36.2 Å². The van der Waals surface area contributed by atoms with Crippen molar-refractivity contribution in [2.75, 3.05) is 12.3 Å². The Morgan fingerprint density at radius 3 is 2.16 bits per heavy atom. The number of halogens is 1. The molecule has 0 aliphatic heterocycles. The Morgan fingerprint density at radius 2 is 1.68 bits per heavy atom. The monoisotopic (exact) mass is 298 g/mol. The van der Waals surface area contributed by atoms with Gasteiger partial charge in [-0.2, -0.15) is 0 Å². The lowest BCUT2D eigenvalue weighted by Crippen LogP contribution is -1.95. The van der Waals surface area contributed by atoms with E-state index in [0.717, 1.165) is 0 Å². The van der Waals surface area contributed by atoms with E-state index in [-0.39, 0.29) is 4.90 Å². The summed E-state index contributed by atoms with van der Waals surface area (Å²) in [5.74, 6) is 0. The fourth-order valence-electron chi connectivity index (χ4n) is 1.51. The van der Waals surface area contributed by atoms with Crippen molar-refractivity contribution in [3.63, 3.8) is 0 Å². The zero-order valence-corrected chi connectivity index (χ0v) is 11.8. The zero-order valence-electron chi connectivity index (χ0n) is 10.2. The van der Waals surface area contributed by atoms with Crippen LogP contribution in [0.2, 0.25) is 0 Å². The molecular formula is C13H15ClN2O2S. The van der Waals surface area contributed by atoms with Crippen LogP contribution in [0.15, 0.2) is 53.9 Å². The largest absolute Gasteiger partial charge is 0.398 e. The van der Waals surface area contributed by atoms with E-state index in [1.165, 1.54) is 12.1 Å². The molecule has 6 heteroatoms. The van der Waals surface area contributed by atoms with Gasteiger partial charge in [-0.1, -0.05) is 30.3 Å². The molecule has 0 unspecified atom stereocenters. The molecule has 0 bridgehead atoms. The molecule has 4 nitrogen and oxygen atoms in total. The van der Waals surface area contributed by atoms with Gasteiger partial charge in [0.15, 0.2) is 0 Å². The molecule has 4 N–H and O–H groups in total. The van der Waals surface area contributed by atoms with Gasteiger partial charge in [-0.3, -0.25) is 0 Å². The van der Waals surface area contributed by atoms with E-state index < -0.39 is 9.05 Å². The van der Waals surface area contributed by atoms with Gasteiger partial charge in [0.1, 0.15) is 0 Å². The first-order valence-electron chi connectivity index (χ1n) is 5.44. The van der Waals surface area contributed by atoms with E-state index in [2.05, 4.69) is 6.58 Å². The number of rotatable bonds is 2. The second-order valence-electron chi connectivity index (χ2n) is 3.66. The molecule has 0 aliphatic rings. The molecule has 0 heterocycles. The molecule has 0 aromatic heterocycles. The quantitative estimate of drug-likeness (QED) is 0.506. The van der Waals surface area contributed by atoms with E-state index in [9.17, 15) is 8.42 Å². The van der Waals surface area contributed by atoms with Crippen molar-refractivity contribution in [1.29, 1.82) is 0 Å². The Labute approximate surface area is 117 Å². The van der Waals surface area contributed by atoms with Crippen LogP contribution in [0.5, 0.6) is 0 Å². The number of anilines is 1. The summed E-state index contributed by atoms with van der Waals surface area (Å²) in [7, 11) is 1.59. The van der Waals surface area contributed by atoms with Crippen LogP contribution in [0, 0.1) is 0 Å². The van der Waals surface area contributed by atoms with Gasteiger partial charge in [-0.15, -0.1) is 6.58 Å². The Kier molecular flexibility index (Phi) is 5.35. The molecular weight excluding hydrogens is 284 g/mol. The highest BCUT2D eigenvalue weighted by atomic mass is 35.7. The molecule has 0 saturated heterocycles. The molecule has 2 aromatic carbocycles. The van der Waals surface area contributed by atoms with Gasteiger partial charge in [0, 0.05) is 33.7 Å². The third-order valence-corrected chi connectivity index (χ3v) is 3.73. The van der Waals surface area contributed by atoms with Crippen molar-refractivity contribution in [1.82, 2.24) is 0 Å². The van der Waals surface area contributed by atoms with Crippen LogP contribution in [0.4, 0.5) is 5.69 Å². The van der Waals surface area contributed by atoms with Gasteiger partial charge < -0.3 is 11.5 Å². The van der Waals surface area contributed by atoms with E-state index in [4.69, 9.17) is 22.1 Å². The van der Waals surface area contributed by atoms with Gasteiger partial charge in [0.05, 0.1) is 4.90 Å². The maximum atomic E-state index is 11.3. The fourth-order valence-corrected chi connectivity index (χ4v) is 2.58. The molecule has 0 spiro atoms. The van der Waals surface area contributed by atoms with Gasteiger partial charge >= 0.3 is 0 Å². The molecule has 19 heavy (non-hydrogen) atoms. The second-order valence-corrected chi connectivity index (χ2v) is 6.20. The fraction of sp³-hybridized carbons (Fsp3) is 0.0769. The third kappa shape index (κ3) is 3.96. The van der Waals surface area contributed by atoms with Gasteiger partial charge in [0.25, 0.3) is 9.05 Å². The highest BCUT2D eigenvalue weighted by Gasteiger charge is 2.14. The Bertz CT molecular complexity index is 684. The van der Waals surface area contributed by atoms with Crippen molar-refractivity contribution in [3.05, 3.63) is 49.1 Å². The number of nitrogens with two attached hydrogens (primary N) is 2. The van der Waals surface area contributed by atoms with Crippen molar-refractivity contribution < 1.29 is 8.42 Å². The predicted octanol–water partition coefficient (Wildman–Crippen LogP) is 2.48. The average Bonchev–Trinajstić information content (AvgIpc) is 2.38. The summed E-state index contributed by atoms with van der Waals surface area (Å²) >= 11 is 0. The summed E-state index contributed by atoms with van der Waals surface area (Å²) in [5.41, 5.74) is 11.2. The molecule has 0 radical (unpaired) electrons. The Balaban J connectivity index is 0.000000399. The van der Waals surface area contributed by atoms with E-state index >= 15 is 0 Å². The summed E-state index contributed by atoms with van der Waals surface area (Å²) in [6.07, 6.45) is 1.65. The molecule has 2 rings (SSSR count). The maximum Gasteiger partial charge on any atom is 0.261 e. The molecule has 2 aromatic rings. The number of hydrogen-bond acceptors (Lipinski definition) is 4. The average molecular weight is 299 g/mol. The van der Waals surface area contributed by atoms with Crippen LogP contribution in [-0.4, -0.2) is 15.0 Å². The summed E-state index contributed by atoms with van der Waals surface area (Å²) in [6, 6.07) is 9.94. The first-order chi connectivity index (χ1) is 8.91. The predicted molar refractivity (Wildman–Crippen MR) is 80.7 cm³/mol. The standard InChI is InChI=1S/C10H8ClNO2S.C3H7N/c11-15(13,14)10-6-5-9(12)7-3-1-2-4-8(7)10;1-2-3-4/h1-6H,12H2;2H,1,3-4H2. The van der Waals surface area contributed by atoms with Crippen LogP contribution < -0.4 is 11.5 Å². The lowest BCUT2D eigenvalue weighted by Gasteiger charge is -2.05. The normalized spacial score (nSPS) is 10.6. The van der Waals surface area contributed by atoms with E-state index in [0.29, 0.717) is 23.0 Å². The maximum absolute atomic E-state index is 11.3. The summed E-state index contributed by atoms with van der Waals surface area (Å²) < 4.78 is 22.6. The van der Waals surface area contributed by atoms with Crippen LogP contribution >= 0.6 is 10.7 Å². The van der Waals surface area contributed by atoms with E-state index in [1.54, 1.807) is 30.3 Å². The number of benzene rings is 2. The van der Waals surface area contributed by atoms with Gasteiger partial charge in [-0.25, -0.2) is 8.42 Å². The molecule has 0 fully saturated rings. The van der Waals surface area contributed by atoms with Crippen molar-refractivity contribution in [2.24, 2.45) is 5.73 Å². The number of nitrogen functional groups attached to an aromatic ring is 1. The molecule has 0 aliphatic carbocycles. The smallest absolute Gasteiger partial charge is 0.261 e. The molecule has 102 valence electrons. The minimum atomic E-state index is -3.73. The third-order valence-electron chi connectivity index (χ3n) is 2.35. The zero-order chi connectivity index (χ0) is 14.5. The van der Waals surface area contributed by atoms with Gasteiger partial charge in [-0.05, 0) is 12.1 Å². The van der Waals surface area contributed by atoms with Gasteiger partial charge in [0.2, 0.25) is 0 Å². The highest BCUT2D eigenvalue weighted by molar-refractivity contribution is 8.14. The van der Waals surface area contributed by atoms with Crippen LogP contribution in [0.3, 0.4) is 0 Å². The number of hydrogen-bond donors (Lipinski definition) is 2. The summed E-state index contributed by atoms with van der Waals surface area (Å²) in [5, 5.41) is 1.24. The van der Waals surface area contributed by atoms with Crippen LogP contribution in [0.1, 0.15) is 0 Å². The molecule has 0 saturated carbocycles. The SMILES string of the molecule is C=CCN.Nc1ccc(S(=O)(=O)Cl)c2ccccc12. The van der Waals surface area contributed by atoms with Crippen molar-refractivity contribution in [3.8, 4) is 0 Å². The van der Waals surface area contributed by atoms with Crippen LogP contribution in [-0.2, 0) is 9.05 Å². The van der Waals surface area contributed by atoms with Crippen molar-refractivity contribution in [2.45, 2.75) is 4.90 Å². The Morgan fingerprint density at radius 1 is 1.16 bits per heavy atom. The first kappa shape index (κ1) is 15.5. The van der Waals surface area contributed by atoms with Crippen LogP contribution in [0.25, 0.3) is 10.8 Å². The number of fused-ring (bicyclic) bond motifs is 1. The lowest BCUT2D eigenvalue weighted by molar-refractivity contribution is 0.610. The minimum absolute atomic E-state index is 0.0916. The summed E-state index contributed by atoms with van der Waals surface area (Å²) in [4.78, 5) is 0.0916. The minimum Gasteiger partial charge on any atom is -0.398 e.